The fourth-order valence-electron chi connectivity index (χ4n) is 3.18. The van der Waals surface area contributed by atoms with E-state index in [2.05, 4.69) is 35.6 Å². The SMILES string of the molecule is CCN/C=C(/CC(=O)NC(C(=O)Nc1ccc([Si](C)(C)C)cc1)c1ccc(OC)cc1)C(N)=O. The summed E-state index contributed by atoms with van der Waals surface area (Å²) in [5.41, 5.74) is 6.71. The maximum absolute atomic E-state index is 13.2. The second-order valence-electron chi connectivity index (χ2n) is 8.86. The summed E-state index contributed by atoms with van der Waals surface area (Å²) in [5.74, 6) is -0.992. The average Bonchev–Trinajstić information content (AvgIpc) is 2.79. The van der Waals surface area contributed by atoms with Gasteiger partial charge in [-0.25, -0.2) is 0 Å². The molecule has 2 aromatic rings. The number of anilines is 1. The number of carbonyl (C=O) groups excluding carboxylic acids is 3. The highest BCUT2D eigenvalue weighted by atomic mass is 28.3. The molecular formula is C25H34N4O4Si. The Balaban J connectivity index is 2.25. The normalized spacial score (nSPS) is 12.4. The van der Waals surface area contributed by atoms with E-state index in [9.17, 15) is 14.4 Å². The molecule has 1 unspecified atom stereocenters. The van der Waals surface area contributed by atoms with Crippen molar-refractivity contribution in [1.29, 1.82) is 0 Å². The summed E-state index contributed by atoms with van der Waals surface area (Å²) in [7, 11) is 0.0826. The minimum atomic E-state index is -1.47. The molecule has 0 saturated heterocycles. The third-order valence-electron chi connectivity index (χ3n) is 5.18. The molecule has 182 valence electrons. The zero-order chi connectivity index (χ0) is 25.3. The minimum Gasteiger partial charge on any atom is -0.497 e. The number of benzene rings is 2. The zero-order valence-corrected chi connectivity index (χ0v) is 21.4. The summed E-state index contributed by atoms with van der Waals surface area (Å²) < 4.78 is 5.19. The molecule has 9 heteroatoms. The topological polar surface area (TPSA) is 123 Å². The largest absolute Gasteiger partial charge is 0.497 e. The van der Waals surface area contributed by atoms with Crippen molar-refractivity contribution >= 4 is 36.7 Å². The molecule has 0 radical (unpaired) electrons. The number of ether oxygens (including phenoxy) is 1. The van der Waals surface area contributed by atoms with Gasteiger partial charge >= 0.3 is 0 Å². The van der Waals surface area contributed by atoms with Gasteiger partial charge in [-0.2, -0.15) is 0 Å². The van der Waals surface area contributed by atoms with E-state index in [-0.39, 0.29) is 12.0 Å². The summed E-state index contributed by atoms with van der Waals surface area (Å²) >= 11 is 0. The number of nitrogens with two attached hydrogens (primary N) is 1. The lowest BCUT2D eigenvalue weighted by Gasteiger charge is -2.20. The van der Waals surface area contributed by atoms with Gasteiger partial charge < -0.3 is 26.4 Å². The van der Waals surface area contributed by atoms with Crippen molar-refractivity contribution < 1.29 is 19.1 Å². The van der Waals surface area contributed by atoms with Crippen LogP contribution in [-0.2, 0) is 14.4 Å². The molecule has 2 rings (SSSR count). The Bertz CT molecular complexity index is 1030. The van der Waals surface area contributed by atoms with Gasteiger partial charge in [0.1, 0.15) is 11.8 Å². The fourth-order valence-corrected chi connectivity index (χ4v) is 4.35. The maximum Gasteiger partial charge on any atom is 0.251 e. The van der Waals surface area contributed by atoms with Crippen molar-refractivity contribution in [1.82, 2.24) is 10.6 Å². The summed E-state index contributed by atoms with van der Waals surface area (Å²) in [6.07, 6.45) is 1.16. The molecule has 0 aliphatic rings. The molecule has 0 saturated carbocycles. The summed E-state index contributed by atoms with van der Waals surface area (Å²) in [6.45, 7) is 9.18. The highest BCUT2D eigenvalue weighted by Crippen LogP contribution is 2.20. The third-order valence-corrected chi connectivity index (χ3v) is 7.25. The van der Waals surface area contributed by atoms with Crippen LogP contribution in [-0.4, -0.2) is 39.4 Å². The van der Waals surface area contributed by atoms with Crippen LogP contribution in [0, 0.1) is 0 Å². The molecule has 0 spiro atoms. The quantitative estimate of drug-likeness (QED) is 0.289. The Hall–Kier alpha value is -3.59. The zero-order valence-electron chi connectivity index (χ0n) is 20.4. The Kier molecular flexibility index (Phi) is 9.43. The smallest absolute Gasteiger partial charge is 0.251 e. The van der Waals surface area contributed by atoms with E-state index in [1.54, 1.807) is 31.4 Å². The number of carbonyl (C=O) groups is 3. The molecule has 0 heterocycles. The number of primary amides is 1. The van der Waals surface area contributed by atoms with E-state index >= 15 is 0 Å². The molecule has 0 aliphatic heterocycles. The van der Waals surface area contributed by atoms with Crippen LogP contribution in [0.15, 0.2) is 60.3 Å². The Morgan fingerprint density at radius 3 is 2.15 bits per heavy atom. The molecule has 0 aliphatic carbocycles. The number of hydrogen-bond donors (Lipinski definition) is 4. The Labute approximate surface area is 202 Å². The number of amides is 3. The fraction of sp³-hybridized carbons (Fsp3) is 0.320. The highest BCUT2D eigenvalue weighted by Gasteiger charge is 2.24. The second-order valence-corrected chi connectivity index (χ2v) is 13.9. The van der Waals surface area contributed by atoms with E-state index in [1.165, 1.54) is 11.4 Å². The van der Waals surface area contributed by atoms with Gasteiger partial charge in [0, 0.05) is 24.0 Å². The molecule has 3 amide bonds. The van der Waals surface area contributed by atoms with Crippen molar-refractivity contribution in [3.8, 4) is 5.75 Å². The predicted molar refractivity (Wildman–Crippen MR) is 138 cm³/mol. The lowest BCUT2D eigenvalue weighted by molar-refractivity contribution is -0.126. The third kappa shape index (κ3) is 7.77. The second kappa shape index (κ2) is 12.0. The van der Waals surface area contributed by atoms with Crippen LogP contribution in [0.2, 0.25) is 19.6 Å². The van der Waals surface area contributed by atoms with E-state index in [1.807, 2.05) is 31.2 Å². The first kappa shape index (κ1) is 26.7. The molecule has 0 aromatic heterocycles. The van der Waals surface area contributed by atoms with Gasteiger partial charge in [0.2, 0.25) is 11.8 Å². The van der Waals surface area contributed by atoms with E-state index in [0.29, 0.717) is 23.5 Å². The van der Waals surface area contributed by atoms with Crippen LogP contribution in [0.3, 0.4) is 0 Å². The average molecular weight is 483 g/mol. The molecule has 0 fully saturated rings. The lowest BCUT2D eigenvalue weighted by Crippen LogP contribution is -2.38. The maximum atomic E-state index is 13.2. The first-order valence-corrected chi connectivity index (χ1v) is 14.6. The molecule has 2 aromatic carbocycles. The van der Waals surface area contributed by atoms with Gasteiger partial charge in [0.05, 0.1) is 21.6 Å². The van der Waals surface area contributed by atoms with Crippen LogP contribution in [0.25, 0.3) is 0 Å². The van der Waals surface area contributed by atoms with Crippen molar-refractivity contribution in [2.24, 2.45) is 5.73 Å². The minimum absolute atomic E-state index is 0.121. The highest BCUT2D eigenvalue weighted by molar-refractivity contribution is 6.88. The molecule has 0 bridgehead atoms. The van der Waals surface area contributed by atoms with Gasteiger partial charge in [-0.3, -0.25) is 14.4 Å². The van der Waals surface area contributed by atoms with Gasteiger partial charge in [0.25, 0.3) is 5.91 Å². The summed E-state index contributed by atoms with van der Waals surface area (Å²) in [4.78, 5) is 37.6. The Morgan fingerprint density at radius 1 is 1.03 bits per heavy atom. The monoisotopic (exact) mass is 482 g/mol. The molecule has 5 N–H and O–H groups in total. The van der Waals surface area contributed by atoms with E-state index in [0.717, 1.165) is 0 Å². The van der Waals surface area contributed by atoms with Crippen LogP contribution >= 0.6 is 0 Å². The van der Waals surface area contributed by atoms with Crippen LogP contribution in [0.1, 0.15) is 24.9 Å². The summed E-state index contributed by atoms with van der Waals surface area (Å²) in [5, 5.41) is 9.75. The van der Waals surface area contributed by atoms with Crippen LogP contribution < -0.4 is 31.6 Å². The van der Waals surface area contributed by atoms with Gasteiger partial charge in [0.15, 0.2) is 0 Å². The molecule has 8 nitrogen and oxygen atoms in total. The number of hydrogen-bond acceptors (Lipinski definition) is 5. The van der Waals surface area contributed by atoms with Crippen molar-refractivity contribution in [3.05, 3.63) is 65.9 Å². The van der Waals surface area contributed by atoms with Crippen molar-refractivity contribution in [3.63, 3.8) is 0 Å². The molecular weight excluding hydrogens is 448 g/mol. The van der Waals surface area contributed by atoms with Gasteiger partial charge in [-0.15, -0.1) is 0 Å². The van der Waals surface area contributed by atoms with Crippen molar-refractivity contribution in [2.75, 3.05) is 19.0 Å². The number of methoxy groups -OCH3 is 1. The lowest BCUT2D eigenvalue weighted by atomic mass is 10.0. The van der Waals surface area contributed by atoms with Gasteiger partial charge in [-0.1, -0.05) is 49.1 Å². The van der Waals surface area contributed by atoms with Gasteiger partial charge in [-0.05, 0) is 36.8 Å². The van der Waals surface area contributed by atoms with Crippen LogP contribution in [0.5, 0.6) is 5.75 Å². The predicted octanol–water partition coefficient (Wildman–Crippen LogP) is 2.41. The standard InChI is InChI=1S/C25H34N4O4Si/c1-6-27-16-18(24(26)31)15-22(30)29-23(17-7-11-20(33-2)12-8-17)25(32)28-19-9-13-21(14-10-19)34(3,4)5/h7-14,16,23,27H,6,15H2,1-5H3,(H2,26,31)(H,28,32)(H,29,30)/b18-16-. The summed E-state index contributed by atoms with van der Waals surface area (Å²) in [6, 6.07) is 13.6. The van der Waals surface area contributed by atoms with E-state index in [4.69, 9.17) is 10.5 Å². The molecule has 34 heavy (non-hydrogen) atoms. The Morgan fingerprint density at radius 2 is 1.65 bits per heavy atom. The molecule has 1 atom stereocenters. The number of rotatable bonds is 11. The first-order chi connectivity index (χ1) is 16.0. The van der Waals surface area contributed by atoms with Crippen molar-refractivity contribution in [2.45, 2.75) is 39.0 Å². The first-order valence-electron chi connectivity index (χ1n) is 11.1. The van der Waals surface area contributed by atoms with Crippen LogP contribution in [0.4, 0.5) is 5.69 Å². The van der Waals surface area contributed by atoms with E-state index < -0.39 is 31.8 Å². The number of nitrogens with one attached hydrogen (secondary N) is 3.